The summed E-state index contributed by atoms with van der Waals surface area (Å²) in [4.78, 5) is 13.9. The lowest BCUT2D eigenvalue weighted by molar-refractivity contribution is -0.144. The van der Waals surface area contributed by atoms with Crippen molar-refractivity contribution in [3.63, 3.8) is 0 Å². The van der Waals surface area contributed by atoms with E-state index >= 15 is 0 Å². The van der Waals surface area contributed by atoms with Gasteiger partial charge in [-0.1, -0.05) is 0 Å². The van der Waals surface area contributed by atoms with Gasteiger partial charge in [0.05, 0.1) is 13.2 Å². The van der Waals surface area contributed by atoms with Crippen molar-refractivity contribution in [1.82, 2.24) is 10.2 Å². The topological polar surface area (TPSA) is 61.8 Å². The number of carbonyl (C=O) groups is 1. The second-order valence-electron chi connectivity index (χ2n) is 7.01. The zero-order chi connectivity index (χ0) is 14.8. The fraction of sp³-hybridized carbons (Fsp3) is 0.933. The Morgan fingerprint density at radius 2 is 2.20 bits per heavy atom. The standard InChI is InChI=1S/C15H28N2O3/c1-14(2)11-20-10-9-17(14)8-4-7-15(3,13(18)19)16-12-5-6-12/h12,16H,4-11H2,1-3H3,(H,18,19). The van der Waals surface area contributed by atoms with Crippen LogP contribution in [0.4, 0.5) is 0 Å². The molecule has 2 fully saturated rings. The average molecular weight is 284 g/mol. The molecule has 2 N–H and O–H groups in total. The van der Waals surface area contributed by atoms with Crippen LogP contribution in [0.5, 0.6) is 0 Å². The Labute approximate surface area is 121 Å². The summed E-state index contributed by atoms with van der Waals surface area (Å²) in [5, 5.41) is 12.7. The molecule has 1 aliphatic heterocycles. The van der Waals surface area contributed by atoms with E-state index in [9.17, 15) is 9.90 Å². The van der Waals surface area contributed by atoms with Crippen LogP contribution in [0.25, 0.3) is 0 Å². The van der Waals surface area contributed by atoms with E-state index in [0.29, 0.717) is 12.5 Å². The van der Waals surface area contributed by atoms with E-state index in [1.165, 1.54) is 0 Å². The van der Waals surface area contributed by atoms with Crippen molar-refractivity contribution in [1.29, 1.82) is 0 Å². The number of hydrogen-bond donors (Lipinski definition) is 2. The van der Waals surface area contributed by atoms with Gasteiger partial charge in [0.25, 0.3) is 0 Å². The molecule has 0 aromatic rings. The van der Waals surface area contributed by atoms with Crippen LogP contribution in [0.15, 0.2) is 0 Å². The molecular formula is C15H28N2O3. The first-order valence-electron chi connectivity index (χ1n) is 7.67. The fourth-order valence-electron chi connectivity index (χ4n) is 2.85. The van der Waals surface area contributed by atoms with E-state index in [1.807, 2.05) is 6.92 Å². The van der Waals surface area contributed by atoms with Crippen molar-refractivity contribution in [3.05, 3.63) is 0 Å². The second-order valence-corrected chi connectivity index (χ2v) is 7.01. The molecule has 0 radical (unpaired) electrons. The van der Waals surface area contributed by atoms with Gasteiger partial charge in [-0.3, -0.25) is 15.0 Å². The molecule has 1 saturated carbocycles. The first-order valence-corrected chi connectivity index (χ1v) is 7.67. The van der Waals surface area contributed by atoms with Crippen LogP contribution in [0.1, 0.15) is 46.5 Å². The van der Waals surface area contributed by atoms with E-state index < -0.39 is 11.5 Å². The minimum Gasteiger partial charge on any atom is -0.480 e. The molecule has 1 heterocycles. The van der Waals surface area contributed by atoms with Crippen LogP contribution < -0.4 is 5.32 Å². The highest BCUT2D eigenvalue weighted by atomic mass is 16.5. The number of carboxylic acid groups (broad SMARTS) is 1. The summed E-state index contributed by atoms with van der Waals surface area (Å²) in [6, 6.07) is 0.413. The van der Waals surface area contributed by atoms with Crippen molar-refractivity contribution in [2.75, 3.05) is 26.3 Å². The summed E-state index contributed by atoms with van der Waals surface area (Å²) in [7, 11) is 0. The van der Waals surface area contributed by atoms with Crippen molar-refractivity contribution in [2.24, 2.45) is 0 Å². The molecule has 2 aliphatic rings. The van der Waals surface area contributed by atoms with Crippen LogP contribution in [0.2, 0.25) is 0 Å². The molecule has 1 aliphatic carbocycles. The highest BCUT2D eigenvalue weighted by molar-refractivity contribution is 5.78. The van der Waals surface area contributed by atoms with Gasteiger partial charge in [-0.15, -0.1) is 0 Å². The first-order chi connectivity index (χ1) is 9.33. The average Bonchev–Trinajstić information content (AvgIpc) is 3.14. The SMILES string of the molecule is CC(CCCN1CCOCC1(C)C)(NC1CC1)C(=O)O. The monoisotopic (exact) mass is 284 g/mol. The third kappa shape index (κ3) is 3.93. The number of ether oxygens (including phenoxy) is 1. The number of nitrogens with one attached hydrogen (secondary N) is 1. The number of hydrogen-bond acceptors (Lipinski definition) is 4. The maximum atomic E-state index is 11.5. The molecule has 1 atom stereocenters. The third-order valence-corrected chi connectivity index (χ3v) is 4.49. The Kier molecular flexibility index (Phi) is 4.72. The van der Waals surface area contributed by atoms with E-state index in [1.54, 1.807) is 0 Å². The third-order valence-electron chi connectivity index (χ3n) is 4.49. The quantitative estimate of drug-likeness (QED) is 0.741. The maximum absolute atomic E-state index is 11.5. The van der Waals surface area contributed by atoms with E-state index in [4.69, 9.17) is 4.74 Å². The van der Waals surface area contributed by atoms with Crippen LogP contribution in [0.3, 0.4) is 0 Å². The maximum Gasteiger partial charge on any atom is 0.323 e. The van der Waals surface area contributed by atoms with E-state index in [2.05, 4.69) is 24.1 Å². The fourth-order valence-corrected chi connectivity index (χ4v) is 2.85. The summed E-state index contributed by atoms with van der Waals surface area (Å²) in [6.45, 7) is 9.59. The molecule has 0 bridgehead atoms. The Balaban J connectivity index is 1.81. The highest BCUT2D eigenvalue weighted by Gasteiger charge is 2.38. The molecule has 0 spiro atoms. The largest absolute Gasteiger partial charge is 0.480 e. The van der Waals surface area contributed by atoms with Gasteiger partial charge < -0.3 is 9.84 Å². The zero-order valence-electron chi connectivity index (χ0n) is 12.9. The summed E-state index contributed by atoms with van der Waals surface area (Å²) in [6.07, 6.45) is 3.79. The Morgan fingerprint density at radius 1 is 1.50 bits per heavy atom. The number of carboxylic acids is 1. The van der Waals surface area contributed by atoms with Crippen LogP contribution in [-0.4, -0.2) is 59.4 Å². The molecule has 116 valence electrons. The Morgan fingerprint density at radius 3 is 2.75 bits per heavy atom. The van der Waals surface area contributed by atoms with Crippen molar-refractivity contribution in [3.8, 4) is 0 Å². The van der Waals surface area contributed by atoms with Gasteiger partial charge in [-0.25, -0.2) is 0 Å². The molecule has 1 unspecified atom stereocenters. The van der Waals surface area contributed by atoms with Crippen LogP contribution in [0, 0.1) is 0 Å². The summed E-state index contributed by atoms with van der Waals surface area (Å²) >= 11 is 0. The second kappa shape index (κ2) is 6.00. The van der Waals surface area contributed by atoms with Gasteiger partial charge in [0, 0.05) is 18.1 Å². The lowest BCUT2D eigenvalue weighted by atomic mass is 9.94. The predicted molar refractivity (Wildman–Crippen MR) is 77.9 cm³/mol. The van der Waals surface area contributed by atoms with Crippen LogP contribution in [-0.2, 0) is 9.53 Å². The van der Waals surface area contributed by atoms with Crippen LogP contribution >= 0.6 is 0 Å². The van der Waals surface area contributed by atoms with Crippen molar-refractivity contribution >= 4 is 5.97 Å². The number of rotatable bonds is 7. The van der Waals surface area contributed by atoms with Gasteiger partial charge in [0.2, 0.25) is 0 Å². The smallest absolute Gasteiger partial charge is 0.323 e. The van der Waals surface area contributed by atoms with E-state index in [-0.39, 0.29) is 5.54 Å². The molecule has 0 aromatic carbocycles. The van der Waals surface area contributed by atoms with Gasteiger partial charge >= 0.3 is 5.97 Å². The molecular weight excluding hydrogens is 256 g/mol. The van der Waals surface area contributed by atoms with Gasteiger partial charge in [-0.05, 0) is 53.0 Å². The predicted octanol–water partition coefficient (Wildman–Crippen LogP) is 1.47. The van der Waals surface area contributed by atoms with Crippen molar-refractivity contribution in [2.45, 2.75) is 63.6 Å². The molecule has 5 nitrogen and oxygen atoms in total. The van der Waals surface area contributed by atoms with Gasteiger partial charge in [-0.2, -0.15) is 0 Å². The molecule has 2 rings (SSSR count). The van der Waals surface area contributed by atoms with E-state index in [0.717, 1.165) is 45.6 Å². The zero-order valence-corrected chi connectivity index (χ0v) is 12.9. The number of aliphatic carboxylic acids is 1. The Bertz CT molecular complexity index is 355. The summed E-state index contributed by atoms with van der Waals surface area (Å²) in [5.74, 6) is -0.731. The van der Waals surface area contributed by atoms with Gasteiger partial charge in [0.15, 0.2) is 0 Å². The molecule has 0 amide bonds. The van der Waals surface area contributed by atoms with Crippen molar-refractivity contribution < 1.29 is 14.6 Å². The molecule has 5 heteroatoms. The number of nitrogens with zero attached hydrogens (tertiary/aromatic N) is 1. The summed E-state index contributed by atoms with van der Waals surface area (Å²) in [5.41, 5.74) is -0.723. The molecule has 0 aromatic heterocycles. The lowest BCUT2D eigenvalue weighted by Gasteiger charge is -2.42. The Hall–Kier alpha value is -0.650. The minimum absolute atomic E-state index is 0.0573. The lowest BCUT2D eigenvalue weighted by Crippen LogP contribution is -2.54. The minimum atomic E-state index is -0.780. The van der Waals surface area contributed by atoms with Gasteiger partial charge in [0.1, 0.15) is 5.54 Å². The normalized spacial score (nSPS) is 26.1. The molecule has 20 heavy (non-hydrogen) atoms. The number of morpholine rings is 1. The summed E-state index contributed by atoms with van der Waals surface area (Å²) < 4.78 is 5.51. The highest BCUT2D eigenvalue weighted by Crippen LogP contribution is 2.26. The molecule has 1 saturated heterocycles. The first kappa shape index (κ1) is 15.7.